The lowest BCUT2D eigenvalue weighted by molar-refractivity contribution is 0.393. The van der Waals surface area contributed by atoms with Crippen LogP contribution in [0.1, 0.15) is 0 Å². The molecule has 0 amide bonds. The molecule has 0 aliphatic carbocycles. The predicted octanol–water partition coefficient (Wildman–Crippen LogP) is 1.21. The molecule has 0 saturated heterocycles. The summed E-state index contributed by atoms with van der Waals surface area (Å²) in [6.07, 6.45) is 4.64. The molecule has 2 aromatic heterocycles. The number of nitrogens with zero attached hydrogens (tertiary/aromatic N) is 3. The summed E-state index contributed by atoms with van der Waals surface area (Å²) in [7, 11) is 0. The van der Waals surface area contributed by atoms with Gasteiger partial charge in [0.15, 0.2) is 0 Å². The molecule has 0 atom stereocenters. The Morgan fingerprint density at radius 3 is 2.50 bits per heavy atom. The van der Waals surface area contributed by atoms with Crippen molar-refractivity contribution in [3.8, 4) is 0 Å². The van der Waals surface area contributed by atoms with E-state index in [2.05, 4.69) is 19.3 Å². The highest BCUT2D eigenvalue weighted by molar-refractivity contribution is 7.03. The van der Waals surface area contributed by atoms with Crippen LogP contribution in [0.5, 0.6) is 0 Å². The molecule has 0 aliphatic heterocycles. The lowest BCUT2D eigenvalue weighted by Crippen LogP contribution is -1.53. The van der Waals surface area contributed by atoms with Crippen LogP contribution in [0, 0.1) is 0 Å². The molecule has 2 heterocycles. The monoisotopic (exact) mass is 155 g/mol. The summed E-state index contributed by atoms with van der Waals surface area (Å²) in [6, 6.07) is 1.91. The largest absolute Gasteiger partial charge is 0.346 e. The minimum atomic E-state index is 1.40. The second kappa shape index (κ2) is 4.63. The van der Waals surface area contributed by atoms with Gasteiger partial charge in [-0.15, -0.1) is 5.10 Å². The highest BCUT2D eigenvalue weighted by Crippen LogP contribution is 1.83. The third kappa shape index (κ3) is 2.93. The molecule has 52 valence electrons. The van der Waals surface area contributed by atoms with Crippen molar-refractivity contribution in [1.82, 2.24) is 14.7 Å². The summed E-state index contributed by atoms with van der Waals surface area (Å²) in [6.45, 7) is 0. The van der Waals surface area contributed by atoms with Gasteiger partial charge in [0.1, 0.15) is 6.26 Å². The molecule has 0 aromatic carbocycles. The van der Waals surface area contributed by atoms with Crippen molar-refractivity contribution in [2.75, 3.05) is 0 Å². The molecule has 0 saturated carbocycles. The van der Waals surface area contributed by atoms with Crippen molar-refractivity contribution < 1.29 is 4.52 Å². The third-order valence-electron chi connectivity index (χ3n) is 0.630. The number of hydrogen-bond acceptors (Lipinski definition) is 5. The summed E-state index contributed by atoms with van der Waals surface area (Å²) in [5.74, 6) is 0. The van der Waals surface area contributed by atoms with E-state index in [1.54, 1.807) is 6.20 Å². The Hall–Kier alpha value is -1.23. The van der Waals surface area contributed by atoms with E-state index in [1.165, 1.54) is 24.0 Å². The van der Waals surface area contributed by atoms with Crippen LogP contribution >= 0.6 is 11.5 Å². The van der Waals surface area contributed by atoms with Crippen LogP contribution in [-0.4, -0.2) is 14.7 Å². The Morgan fingerprint density at radius 1 is 1.30 bits per heavy atom. The quantitative estimate of drug-likeness (QED) is 0.573. The van der Waals surface area contributed by atoms with E-state index in [9.17, 15) is 0 Å². The summed E-state index contributed by atoms with van der Waals surface area (Å²) in [5, 5.41) is 8.33. The van der Waals surface area contributed by atoms with Gasteiger partial charge in [-0.25, -0.2) is 4.37 Å². The van der Waals surface area contributed by atoms with Crippen LogP contribution in [0.15, 0.2) is 34.6 Å². The fourth-order valence-corrected chi connectivity index (χ4v) is 0.663. The van der Waals surface area contributed by atoms with E-state index in [-0.39, 0.29) is 0 Å². The van der Waals surface area contributed by atoms with Crippen LogP contribution in [-0.2, 0) is 0 Å². The molecule has 0 spiro atoms. The van der Waals surface area contributed by atoms with E-state index in [1.807, 2.05) is 11.4 Å². The zero-order valence-corrected chi connectivity index (χ0v) is 5.86. The molecule has 0 radical (unpaired) electrons. The molecule has 0 fully saturated rings. The van der Waals surface area contributed by atoms with Crippen molar-refractivity contribution in [3.63, 3.8) is 0 Å². The Morgan fingerprint density at radius 2 is 2.30 bits per heavy atom. The van der Waals surface area contributed by atoms with Crippen molar-refractivity contribution >= 4 is 11.5 Å². The Labute approximate surface area is 61.6 Å². The molecule has 0 N–H and O–H groups in total. The van der Waals surface area contributed by atoms with E-state index < -0.39 is 0 Å². The summed E-state index contributed by atoms with van der Waals surface area (Å²) in [4.78, 5) is 0. The first-order valence-electron chi connectivity index (χ1n) is 2.55. The Balaban J connectivity index is 0.0000001000. The molecule has 4 nitrogen and oxygen atoms in total. The van der Waals surface area contributed by atoms with E-state index in [0.29, 0.717) is 0 Å². The first-order chi connectivity index (χ1) is 5.00. The van der Waals surface area contributed by atoms with Gasteiger partial charge in [0.25, 0.3) is 0 Å². The molecular formula is C5H5N3OS. The van der Waals surface area contributed by atoms with Crippen LogP contribution in [0.4, 0.5) is 0 Å². The van der Waals surface area contributed by atoms with Gasteiger partial charge in [0, 0.05) is 16.8 Å². The Kier molecular flexibility index (Phi) is 3.19. The van der Waals surface area contributed by atoms with Crippen LogP contribution in [0.25, 0.3) is 0 Å². The minimum absolute atomic E-state index is 1.40. The van der Waals surface area contributed by atoms with Crippen LogP contribution in [0.3, 0.4) is 0 Å². The summed E-state index contributed by atoms with van der Waals surface area (Å²) in [5.41, 5.74) is 0. The predicted molar refractivity (Wildman–Crippen MR) is 36.4 cm³/mol. The van der Waals surface area contributed by atoms with Gasteiger partial charge in [-0.1, -0.05) is 0 Å². The second-order valence-corrected chi connectivity index (χ2v) is 1.97. The smallest absolute Gasteiger partial charge is 0.144 e. The standard InChI is InChI=1S/C3H3NS.C2H2N2O/c1-2-4-5-3-1;1-2-5-4-3-1/h1-3H;1-2H. The topological polar surface area (TPSA) is 51.8 Å². The maximum Gasteiger partial charge on any atom is 0.144 e. The first kappa shape index (κ1) is 6.88. The van der Waals surface area contributed by atoms with Crippen molar-refractivity contribution in [1.29, 1.82) is 0 Å². The lowest BCUT2D eigenvalue weighted by Gasteiger charge is -1.45. The lowest BCUT2D eigenvalue weighted by atomic mass is 10.8. The minimum Gasteiger partial charge on any atom is -0.346 e. The van der Waals surface area contributed by atoms with Gasteiger partial charge in [-0.2, -0.15) is 0 Å². The number of hydrogen-bond donors (Lipinski definition) is 0. The van der Waals surface area contributed by atoms with Gasteiger partial charge in [-0.05, 0) is 17.6 Å². The highest BCUT2D eigenvalue weighted by Gasteiger charge is 1.61. The molecule has 0 aliphatic rings. The molecule has 10 heavy (non-hydrogen) atoms. The first-order valence-corrected chi connectivity index (χ1v) is 3.39. The van der Waals surface area contributed by atoms with Gasteiger partial charge in [-0.3, -0.25) is 0 Å². The van der Waals surface area contributed by atoms with Gasteiger partial charge >= 0.3 is 0 Å². The fourth-order valence-electron chi connectivity index (χ4n) is 0.312. The maximum atomic E-state index is 4.22. The molecule has 5 heteroatoms. The van der Waals surface area contributed by atoms with Crippen LogP contribution in [0.2, 0.25) is 0 Å². The molecule has 2 rings (SSSR count). The van der Waals surface area contributed by atoms with Crippen LogP contribution < -0.4 is 0 Å². The van der Waals surface area contributed by atoms with E-state index in [0.717, 1.165) is 0 Å². The van der Waals surface area contributed by atoms with Gasteiger partial charge in [0.2, 0.25) is 0 Å². The normalized spacial score (nSPS) is 8.00. The number of aromatic nitrogens is 3. The highest BCUT2D eigenvalue weighted by atomic mass is 32.1. The van der Waals surface area contributed by atoms with E-state index in [4.69, 9.17) is 0 Å². The number of rotatable bonds is 0. The summed E-state index contributed by atoms with van der Waals surface area (Å²) >= 11 is 1.46. The van der Waals surface area contributed by atoms with Gasteiger partial charge in [0.05, 0.1) is 6.20 Å². The fraction of sp³-hybridized carbons (Fsp3) is 0. The maximum absolute atomic E-state index is 4.22. The summed E-state index contributed by atoms with van der Waals surface area (Å²) < 4.78 is 7.99. The molecule has 2 aromatic rings. The Bertz CT molecular complexity index is 156. The average Bonchev–Trinajstić information content (AvgIpc) is 2.67. The SMILES string of the molecule is c1cnsc1.c1conn1. The van der Waals surface area contributed by atoms with Crippen molar-refractivity contribution in [3.05, 3.63) is 30.1 Å². The zero-order chi connectivity index (χ0) is 7.07. The zero-order valence-electron chi connectivity index (χ0n) is 5.04. The molecule has 0 unspecified atom stereocenters. The second-order valence-electron chi connectivity index (χ2n) is 1.28. The average molecular weight is 155 g/mol. The van der Waals surface area contributed by atoms with E-state index >= 15 is 0 Å². The third-order valence-corrected chi connectivity index (χ3v) is 1.15. The molecule has 0 bridgehead atoms. The van der Waals surface area contributed by atoms with Crippen molar-refractivity contribution in [2.24, 2.45) is 0 Å². The van der Waals surface area contributed by atoms with Crippen molar-refractivity contribution in [2.45, 2.75) is 0 Å². The molecular weight excluding hydrogens is 150 g/mol. The van der Waals surface area contributed by atoms with Gasteiger partial charge < -0.3 is 4.52 Å².